The summed E-state index contributed by atoms with van der Waals surface area (Å²) >= 11 is 0. The van der Waals surface area contributed by atoms with Crippen LogP contribution in [0, 0.1) is 0 Å². The van der Waals surface area contributed by atoms with Crippen LogP contribution < -0.4 is 0 Å². The molecule has 0 N–H and O–H groups in total. The monoisotopic (exact) mass is 417 g/mol. The van der Waals surface area contributed by atoms with Crippen LogP contribution in [0.5, 0.6) is 0 Å². The van der Waals surface area contributed by atoms with Crippen LogP contribution in [0.2, 0.25) is 0 Å². The highest BCUT2D eigenvalue weighted by atomic mass is 14.7. The molecule has 0 radical (unpaired) electrons. The molecule has 1 heteroatoms. The van der Waals surface area contributed by atoms with Crippen molar-refractivity contribution in [3.63, 3.8) is 0 Å². The molecule has 160 valence electrons. The summed E-state index contributed by atoms with van der Waals surface area (Å²) in [4.78, 5) is 4.58. The van der Waals surface area contributed by atoms with Gasteiger partial charge in [0.15, 0.2) is 0 Å². The van der Waals surface area contributed by atoms with Crippen LogP contribution in [0.15, 0.2) is 79.0 Å². The Morgan fingerprint density at radius 2 is 1.00 bits per heavy atom. The van der Waals surface area contributed by atoms with Crippen molar-refractivity contribution in [2.24, 2.45) is 0 Å². The Hall–Kier alpha value is -3.19. The standard InChI is InChI=1S/C31H31N/c1-30(2,3)21-11-14-24-23-13-10-20(29-9-7-8-16-32-29)17-26(23)25-15-12-22(31(4,5)6)19-28(25)27(24)18-21/h7-19H,1-6H3. The molecule has 5 aromatic rings. The Morgan fingerprint density at radius 3 is 1.50 bits per heavy atom. The molecule has 0 fully saturated rings. The fraction of sp³-hybridized carbons (Fsp3) is 0.258. The van der Waals surface area contributed by atoms with E-state index in [-0.39, 0.29) is 10.8 Å². The number of nitrogens with zero attached hydrogens (tertiary/aromatic N) is 1. The number of rotatable bonds is 1. The largest absolute Gasteiger partial charge is 0.256 e. The van der Waals surface area contributed by atoms with Crippen molar-refractivity contribution in [1.82, 2.24) is 4.98 Å². The predicted octanol–water partition coefficient (Wildman–Crippen LogP) is 8.80. The molecule has 4 aromatic carbocycles. The molecule has 1 aromatic heterocycles. The molecular weight excluding hydrogens is 386 g/mol. The van der Waals surface area contributed by atoms with Crippen LogP contribution in [0.25, 0.3) is 43.6 Å². The zero-order valence-corrected chi connectivity index (χ0v) is 20.0. The van der Waals surface area contributed by atoms with E-state index in [1.807, 2.05) is 12.3 Å². The third-order valence-electron chi connectivity index (χ3n) is 6.62. The highest BCUT2D eigenvalue weighted by Crippen LogP contribution is 2.40. The van der Waals surface area contributed by atoms with Gasteiger partial charge in [0.1, 0.15) is 0 Å². The van der Waals surface area contributed by atoms with Crippen molar-refractivity contribution in [2.75, 3.05) is 0 Å². The van der Waals surface area contributed by atoms with Crippen LogP contribution in [-0.2, 0) is 10.8 Å². The lowest BCUT2D eigenvalue weighted by atomic mass is 9.82. The van der Waals surface area contributed by atoms with Crippen molar-refractivity contribution in [1.29, 1.82) is 0 Å². The zero-order valence-electron chi connectivity index (χ0n) is 20.0. The van der Waals surface area contributed by atoms with E-state index in [4.69, 9.17) is 0 Å². The van der Waals surface area contributed by atoms with Gasteiger partial charge in [-0.25, -0.2) is 0 Å². The van der Waals surface area contributed by atoms with Gasteiger partial charge in [-0.3, -0.25) is 4.98 Å². The molecule has 0 amide bonds. The molecule has 5 rings (SSSR count). The van der Waals surface area contributed by atoms with E-state index >= 15 is 0 Å². The maximum atomic E-state index is 4.58. The van der Waals surface area contributed by atoms with Crippen molar-refractivity contribution in [3.8, 4) is 11.3 Å². The smallest absolute Gasteiger partial charge is 0.0702 e. The molecule has 1 heterocycles. The third-order valence-corrected chi connectivity index (χ3v) is 6.62. The highest BCUT2D eigenvalue weighted by Gasteiger charge is 2.19. The fourth-order valence-electron chi connectivity index (χ4n) is 4.63. The maximum Gasteiger partial charge on any atom is 0.0702 e. The van der Waals surface area contributed by atoms with Crippen LogP contribution in [-0.4, -0.2) is 4.98 Å². The minimum Gasteiger partial charge on any atom is -0.256 e. The zero-order chi connectivity index (χ0) is 22.7. The number of benzene rings is 4. The molecule has 0 aliphatic carbocycles. The van der Waals surface area contributed by atoms with E-state index in [2.05, 4.69) is 113 Å². The number of hydrogen-bond acceptors (Lipinski definition) is 1. The number of pyridine rings is 1. The Labute approximate surface area is 191 Å². The van der Waals surface area contributed by atoms with Crippen molar-refractivity contribution in [3.05, 3.63) is 90.1 Å². The lowest BCUT2D eigenvalue weighted by molar-refractivity contribution is 0.590. The van der Waals surface area contributed by atoms with E-state index in [1.54, 1.807) is 0 Å². The van der Waals surface area contributed by atoms with Crippen LogP contribution in [0.3, 0.4) is 0 Å². The van der Waals surface area contributed by atoms with Crippen LogP contribution in [0.1, 0.15) is 52.7 Å². The Balaban J connectivity index is 1.92. The second-order valence-corrected chi connectivity index (χ2v) is 11.0. The van der Waals surface area contributed by atoms with Crippen molar-refractivity contribution >= 4 is 32.3 Å². The summed E-state index contributed by atoms with van der Waals surface area (Å²) < 4.78 is 0. The van der Waals surface area contributed by atoms with Gasteiger partial charge < -0.3 is 0 Å². The number of aromatic nitrogens is 1. The first-order valence-electron chi connectivity index (χ1n) is 11.5. The normalized spacial score (nSPS) is 12.7. The lowest BCUT2D eigenvalue weighted by Gasteiger charge is -2.23. The minimum atomic E-state index is 0.104. The van der Waals surface area contributed by atoms with E-state index < -0.39 is 0 Å². The summed E-state index contributed by atoms with van der Waals surface area (Å²) in [5.74, 6) is 0. The molecule has 0 saturated carbocycles. The molecular formula is C31H31N. The highest BCUT2D eigenvalue weighted by molar-refractivity contribution is 6.26. The van der Waals surface area contributed by atoms with Gasteiger partial charge in [-0.05, 0) is 84.6 Å². The van der Waals surface area contributed by atoms with Gasteiger partial charge in [0, 0.05) is 11.8 Å². The van der Waals surface area contributed by atoms with E-state index in [1.165, 1.54) is 43.4 Å². The summed E-state index contributed by atoms with van der Waals surface area (Å²) in [7, 11) is 0. The Morgan fingerprint density at radius 1 is 0.500 bits per heavy atom. The summed E-state index contributed by atoms with van der Waals surface area (Å²) in [5.41, 5.74) is 5.12. The summed E-state index contributed by atoms with van der Waals surface area (Å²) in [6, 6.07) is 27.0. The Bertz CT molecular complexity index is 1460. The molecule has 0 spiro atoms. The summed E-state index contributed by atoms with van der Waals surface area (Å²) in [6.07, 6.45) is 1.86. The molecule has 0 unspecified atom stereocenters. The second kappa shape index (κ2) is 7.17. The first kappa shape index (κ1) is 20.7. The van der Waals surface area contributed by atoms with E-state index in [0.29, 0.717) is 0 Å². The molecule has 1 nitrogen and oxygen atoms in total. The average molecular weight is 418 g/mol. The third kappa shape index (κ3) is 3.46. The lowest BCUT2D eigenvalue weighted by Crippen LogP contribution is -2.11. The maximum absolute atomic E-state index is 4.58. The van der Waals surface area contributed by atoms with Gasteiger partial charge in [0.2, 0.25) is 0 Å². The Kier molecular flexibility index (Phi) is 4.64. The van der Waals surface area contributed by atoms with E-state index in [9.17, 15) is 0 Å². The van der Waals surface area contributed by atoms with E-state index in [0.717, 1.165) is 11.3 Å². The van der Waals surface area contributed by atoms with Crippen molar-refractivity contribution in [2.45, 2.75) is 52.4 Å². The first-order valence-corrected chi connectivity index (χ1v) is 11.5. The van der Waals surface area contributed by atoms with Gasteiger partial charge in [-0.1, -0.05) is 84.0 Å². The number of fused-ring (bicyclic) bond motifs is 6. The minimum absolute atomic E-state index is 0.104. The van der Waals surface area contributed by atoms with Gasteiger partial charge in [-0.15, -0.1) is 0 Å². The molecule has 0 bridgehead atoms. The summed E-state index contributed by atoms with van der Waals surface area (Å²) in [6.45, 7) is 13.7. The molecule has 0 saturated heterocycles. The number of hydrogen-bond donors (Lipinski definition) is 0. The molecule has 32 heavy (non-hydrogen) atoms. The predicted molar refractivity (Wildman–Crippen MR) is 140 cm³/mol. The SMILES string of the molecule is CC(C)(C)c1ccc2c3ccc(-c4ccccn4)cc3c3ccc(C(C)(C)C)cc3c2c1. The van der Waals surface area contributed by atoms with Gasteiger partial charge in [0.05, 0.1) is 5.69 Å². The van der Waals surface area contributed by atoms with Crippen molar-refractivity contribution < 1.29 is 0 Å². The molecule has 0 aliphatic rings. The molecule has 0 aliphatic heterocycles. The van der Waals surface area contributed by atoms with Crippen LogP contribution in [0.4, 0.5) is 0 Å². The van der Waals surface area contributed by atoms with Gasteiger partial charge in [-0.2, -0.15) is 0 Å². The second-order valence-electron chi connectivity index (χ2n) is 11.0. The average Bonchev–Trinajstić information content (AvgIpc) is 2.77. The van der Waals surface area contributed by atoms with Gasteiger partial charge >= 0.3 is 0 Å². The van der Waals surface area contributed by atoms with Gasteiger partial charge in [0.25, 0.3) is 0 Å². The first-order chi connectivity index (χ1) is 15.1. The molecule has 0 atom stereocenters. The topological polar surface area (TPSA) is 12.9 Å². The quantitative estimate of drug-likeness (QED) is 0.248. The summed E-state index contributed by atoms with van der Waals surface area (Å²) in [5, 5.41) is 7.90. The fourth-order valence-corrected chi connectivity index (χ4v) is 4.63. The van der Waals surface area contributed by atoms with Crippen LogP contribution >= 0.6 is 0 Å².